The molecule has 0 bridgehead atoms. The topological polar surface area (TPSA) is 32.3 Å². The summed E-state index contributed by atoms with van der Waals surface area (Å²) in [6, 6.07) is 12.8. The van der Waals surface area contributed by atoms with Crippen LogP contribution < -0.4 is 5.32 Å². The number of thioether (sulfide) groups is 1. The van der Waals surface area contributed by atoms with E-state index in [4.69, 9.17) is 0 Å². The van der Waals surface area contributed by atoms with E-state index in [-0.39, 0.29) is 11.9 Å². The van der Waals surface area contributed by atoms with Crippen LogP contribution in [0.15, 0.2) is 47.4 Å². The molecule has 1 aliphatic heterocycles. The van der Waals surface area contributed by atoms with E-state index < -0.39 is 0 Å². The molecule has 1 aliphatic rings. The summed E-state index contributed by atoms with van der Waals surface area (Å²) in [5, 5.41) is 12.8. The number of nitrogens with one attached hydrogen (secondary N) is 1. The van der Waals surface area contributed by atoms with Crippen molar-refractivity contribution in [3.63, 3.8) is 0 Å². The Morgan fingerprint density at radius 3 is 2.81 bits per heavy atom. The van der Waals surface area contributed by atoms with Gasteiger partial charge in [0.05, 0.1) is 0 Å². The number of aromatic hydroxyl groups is 1. The standard InChI is InChI=1S/C17H18FNOS/c18-15-3-1-2-14-16(9-11-21-17(14)15)19-10-8-12-4-6-13(20)7-5-12/h1-7,16,19-20H,8-11H2. The van der Waals surface area contributed by atoms with Crippen LogP contribution in [0.1, 0.15) is 23.6 Å². The number of phenols is 1. The molecule has 110 valence electrons. The molecular formula is C17H18FNOS. The molecule has 4 heteroatoms. The zero-order valence-corrected chi connectivity index (χ0v) is 12.5. The van der Waals surface area contributed by atoms with Gasteiger partial charge < -0.3 is 10.4 Å². The van der Waals surface area contributed by atoms with Crippen LogP contribution in [0.2, 0.25) is 0 Å². The number of benzene rings is 2. The quantitative estimate of drug-likeness (QED) is 0.898. The molecule has 0 amide bonds. The van der Waals surface area contributed by atoms with Crippen molar-refractivity contribution >= 4 is 11.8 Å². The highest BCUT2D eigenvalue weighted by molar-refractivity contribution is 7.99. The molecule has 2 aromatic rings. The predicted molar refractivity (Wildman–Crippen MR) is 84.3 cm³/mol. The Bertz CT molecular complexity index is 615. The third kappa shape index (κ3) is 3.39. The van der Waals surface area contributed by atoms with Crippen molar-refractivity contribution in [1.82, 2.24) is 5.32 Å². The molecule has 2 N–H and O–H groups in total. The van der Waals surface area contributed by atoms with Crippen molar-refractivity contribution in [1.29, 1.82) is 0 Å². The van der Waals surface area contributed by atoms with Gasteiger partial charge in [-0.3, -0.25) is 0 Å². The SMILES string of the molecule is Oc1ccc(CCNC2CCSc3c(F)cccc32)cc1. The summed E-state index contributed by atoms with van der Waals surface area (Å²) in [5.41, 5.74) is 2.27. The molecule has 0 saturated carbocycles. The fourth-order valence-electron chi connectivity index (χ4n) is 2.65. The van der Waals surface area contributed by atoms with E-state index >= 15 is 0 Å². The molecule has 3 rings (SSSR count). The van der Waals surface area contributed by atoms with Crippen molar-refractivity contribution in [3.8, 4) is 5.75 Å². The van der Waals surface area contributed by atoms with Gasteiger partial charge in [-0.15, -0.1) is 11.8 Å². The molecule has 1 unspecified atom stereocenters. The lowest BCUT2D eigenvalue weighted by Crippen LogP contribution is -2.26. The van der Waals surface area contributed by atoms with Gasteiger partial charge in [-0.2, -0.15) is 0 Å². The molecule has 0 spiro atoms. The highest BCUT2D eigenvalue weighted by Crippen LogP contribution is 2.37. The minimum Gasteiger partial charge on any atom is -0.508 e. The first-order chi connectivity index (χ1) is 10.2. The summed E-state index contributed by atoms with van der Waals surface area (Å²) in [6.07, 6.45) is 1.92. The molecule has 21 heavy (non-hydrogen) atoms. The Labute approximate surface area is 128 Å². The largest absolute Gasteiger partial charge is 0.508 e. The fourth-order valence-corrected chi connectivity index (χ4v) is 3.79. The molecule has 0 aromatic heterocycles. The van der Waals surface area contributed by atoms with Crippen LogP contribution in [-0.4, -0.2) is 17.4 Å². The molecular weight excluding hydrogens is 285 g/mol. The first kappa shape index (κ1) is 14.4. The summed E-state index contributed by atoms with van der Waals surface area (Å²) in [7, 11) is 0. The number of halogens is 1. The molecule has 0 radical (unpaired) electrons. The lowest BCUT2D eigenvalue weighted by Gasteiger charge is -2.26. The lowest BCUT2D eigenvalue weighted by atomic mass is 10.0. The van der Waals surface area contributed by atoms with E-state index in [1.54, 1.807) is 30.0 Å². The third-order valence-electron chi connectivity index (χ3n) is 3.77. The van der Waals surface area contributed by atoms with Crippen LogP contribution in [0.5, 0.6) is 5.75 Å². The number of phenolic OH excluding ortho intramolecular Hbond substituents is 1. The Hall–Kier alpha value is -1.52. The first-order valence-corrected chi connectivity index (χ1v) is 8.15. The van der Waals surface area contributed by atoms with Gasteiger partial charge in [0.1, 0.15) is 11.6 Å². The Morgan fingerprint density at radius 2 is 2.00 bits per heavy atom. The van der Waals surface area contributed by atoms with Crippen LogP contribution in [-0.2, 0) is 6.42 Å². The monoisotopic (exact) mass is 303 g/mol. The molecule has 2 aromatic carbocycles. The van der Waals surface area contributed by atoms with Crippen LogP contribution >= 0.6 is 11.8 Å². The Balaban J connectivity index is 1.62. The zero-order valence-electron chi connectivity index (χ0n) is 11.7. The van der Waals surface area contributed by atoms with Crippen molar-refractivity contribution < 1.29 is 9.50 Å². The maximum atomic E-state index is 13.8. The second-order valence-corrected chi connectivity index (χ2v) is 6.32. The first-order valence-electron chi connectivity index (χ1n) is 7.16. The smallest absolute Gasteiger partial charge is 0.137 e. The second kappa shape index (κ2) is 6.50. The maximum absolute atomic E-state index is 13.8. The molecule has 0 fully saturated rings. The average molecular weight is 303 g/mol. The minimum absolute atomic E-state index is 0.109. The molecule has 2 nitrogen and oxygen atoms in total. The summed E-state index contributed by atoms with van der Waals surface area (Å²) in [5.74, 6) is 1.13. The number of hydrogen-bond acceptors (Lipinski definition) is 3. The van der Waals surface area contributed by atoms with E-state index in [0.717, 1.165) is 35.6 Å². The van der Waals surface area contributed by atoms with Gasteiger partial charge in [-0.25, -0.2) is 4.39 Å². The van der Waals surface area contributed by atoms with Crippen molar-refractivity contribution in [2.45, 2.75) is 23.8 Å². The molecule has 1 heterocycles. The van der Waals surface area contributed by atoms with Gasteiger partial charge in [-0.1, -0.05) is 24.3 Å². The predicted octanol–water partition coefficient (Wildman–Crippen LogP) is 3.90. The van der Waals surface area contributed by atoms with Crippen LogP contribution in [0.25, 0.3) is 0 Å². The second-order valence-electron chi connectivity index (χ2n) is 5.22. The Kier molecular flexibility index (Phi) is 4.46. The normalized spacial score (nSPS) is 17.5. The molecule has 0 aliphatic carbocycles. The van der Waals surface area contributed by atoms with Crippen molar-refractivity contribution in [2.75, 3.05) is 12.3 Å². The van der Waals surface area contributed by atoms with Gasteiger partial charge in [0.25, 0.3) is 0 Å². The van der Waals surface area contributed by atoms with Crippen LogP contribution in [0.3, 0.4) is 0 Å². The third-order valence-corrected chi connectivity index (χ3v) is 4.93. The Morgan fingerprint density at radius 1 is 1.19 bits per heavy atom. The summed E-state index contributed by atoms with van der Waals surface area (Å²) in [4.78, 5) is 0.797. The van der Waals surface area contributed by atoms with Crippen LogP contribution in [0.4, 0.5) is 4.39 Å². The molecule has 0 saturated heterocycles. The van der Waals surface area contributed by atoms with E-state index in [0.29, 0.717) is 5.75 Å². The summed E-state index contributed by atoms with van der Waals surface area (Å²) >= 11 is 1.61. The van der Waals surface area contributed by atoms with Crippen LogP contribution in [0, 0.1) is 5.82 Å². The average Bonchev–Trinajstić information content (AvgIpc) is 2.50. The van der Waals surface area contributed by atoms with E-state index in [1.807, 2.05) is 18.2 Å². The van der Waals surface area contributed by atoms with Gasteiger partial charge in [0, 0.05) is 10.9 Å². The van der Waals surface area contributed by atoms with Crippen molar-refractivity contribution in [3.05, 3.63) is 59.4 Å². The zero-order chi connectivity index (χ0) is 14.7. The van der Waals surface area contributed by atoms with Gasteiger partial charge >= 0.3 is 0 Å². The summed E-state index contributed by atoms with van der Waals surface area (Å²) in [6.45, 7) is 0.843. The van der Waals surface area contributed by atoms with E-state index in [1.165, 1.54) is 11.6 Å². The lowest BCUT2D eigenvalue weighted by molar-refractivity contribution is 0.474. The molecule has 1 atom stereocenters. The number of fused-ring (bicyclic) bond motifs is 1. The van der Waals surface area contributed by atoms with Gasteiger partial charge in [0.2, 0.25) is 0 Å². The van der Waals surface area contributed by atoms with Gasteiger partial charge in [0.15, 0.2) is 0 Å². The van der Waals surface area contributed by atoms with Gasteiger partial charge in [-0.05, 0) is 54.5 Å². The summed E-state index contributed by atoms with van der Waals surface area (Å²) < 4.78 is 13.8. The number of hydrogen-bond donors (Lipinski definition) is 2. The van der Waals surface area contributed by atoms with Crippen molar-refractivity contribution in [2.24, 2.45) is 0 Å². The number of rotatable bonds is 4. The van der Waals surface area contributed by atoms with E-state index in [2.05, 4.69) is 5.32 Å². The van der Waals surface area contributed by atoms with E-state index in [9.17, 15) is 9.50 Å². The highest BCUT2D eigenvalue weighted by Gasteiger charge is 2.22. The minimum atomic E-state index is -0.109. The maximum Gasteiger partial charge on any atom is 0.137 e. The highest BCUT2D eigenvalue weighted by atomic mass is 32.2. The fraction of sp³-hybridized carbons (Fsp3) is 0.294.